The van der Waals surface area contributed by atoms with Gasteiger partial charge in [0.05, 0.1) is 22.2 Å². The third-order valence-electron chi connectivity index (χ3n) is 7.18. The molecule has 0 fully saturated rings. The lowest BCUT2D eigenvalue weighted by atomic mass is 10.1. The number of nitrogens with zero attached hydrogens (tertiary/aromatic N) is 2. The highest BCUT2D eigenvalue weighted by molar-refractivity contribution is 7.26. The summed E-state index contributed by atoms with van der Waals surface area (Å²) in [5.74, 6) is 0. The number of thiophene rings is 1. The van der Waals surface area contributed by atoms with Crippen molar-refractivity contribution in [2.75, 3.05) is 0 Å². The Morgan fingerprint density at radius 1 is 0.583 bits per heavy atom. The van der Waals surface area contributed by atoms with Crippen molar-refractivity contribution in [3.05, 3.63) is 121 Å². The van der Waals surface area contributed by atoms with E-state index in [4.69, 9.17) is 4.98 Å². The maximum atomic E-state index is 5.29. The molecule has 0 aliphatic rings. The summed E-state index contributed by atoms with van der Waals surface area (Å²) in [5.41, 5.74) is 6.66. The van der Waals surface area contributed by atoms with Crippen molar-refractivity contribution in [2.45, 2.75) is 0 Å². The number of hydrogen-bond acceptors (Lipinski definition) is 2. The molecule has 0 saturated carbocycles. The second kappa shape index (κ2) is 7.51. The molecule has 3 aromatic heterocycles. The van der Waals surface area contributed by atoms with Crippen LogP contribution in [0.1, 0.15) is 0 Å². The molecular formula is C33H20N2S. The van der Waals surface area contributed by atoms with E-state index in [9.17, 15) is 0 Å². The van der Waals surface area contributed by atoms with Crippen molar-refractivity contribution < 1.29 is 0 Å². The van der Waals surface area contributed by atoms with Gasteiger partial charge >= 0.3 is 0 Å². The number of pyridine rings is 1. The molecule has 8 rings (SSSR count). The van der Waals surface area contributed by atoms with Gasteiger partial charge in [-0.2, -0.15) is 0 Å². The topological polar surface area (TPSA) is 17.8 Å². The standard InChI is InChI=1S/C33H20N2S/c1-2-9-22(10-3-1)27-17-19-29-32(34-27)31-28(18-16-26-25-12-6-7-13-30(25)36-33(26)31)35(29)24-15-14-21-8-4-5-11-23(21)20-24/h1-20H. The quantitative estimate of drug-likeness (QED) is 0.243. The van der Waals surface area contributed by atoms with Gasteiger partial charge in [-0.3, -0.25) is 0 Å². The zero-order chi connectivity index (χ0) is 23.6. The fourth-order valence-corrected chi connectivity index (χ4v) is 6.75. The number of hydrogen-bond donors (Lipinski definition) is 0. The van der Waals surface area contributed by atoms with Gasteiger partial charge in [-0.15, -0.1) is 11.3 Å². The molecule has 3 heterocycles. The third kappa shape index (κ3) is 2.81. The Morgan fingerprint density at radius 3 is 2.28 bits per heavy atom. The average Bonchev–Trinajstić information content (AvgIpc) is 3.48. The van der Waals surface area contributed by atoms with Crippen LogP contribution in [0, 0.1) is 0 Å². The highest BCUT2D eigenvalue weighted by Gasteiger charge is 2.19. The van der Waals surface area contributed by atoms with E-state index in [2.05, 4.69) is 120 Å². The molecule has 8 aromatic rings. The molecule has 0 radical (unpaired) electrons. The normalized spacial score (nSPS) is 11.9. The van der Waals surface area contributed by atoms with Crippen molar-refractivity contribution in [1.82, 2.24) is 9.55 Å². The molecular weight excluding hydrogens is 456 g/mol. The number of benzene rings is 5. The van der Waals surface area contributed by atoms with E-state index >= 15 is 0 Å². The fourth-order valence-electron chi connectivity index (χ4n) is 5.50. The first-order valence-corrected chi connectivity index (χ1v) is 13.0. The van der Waals surface area contributed by atoms with Crippen LogP contribution in [0.4, 0.5) is 0 Å². The largest absolute Gasteiger partial charge is 0.308 e. The van der Waals surface area contributed by atoms with E-state index in [1.807, 2.05) is 17.4 Å². The van der Waals surface area contributed by atoms with E-state index in [1.54, 1.807) is 0 Å². The summed E-state index contributed by atoms with van der Waals surface area (Å²) in [4.78, 5) is 5.29. The Morgan fingerprint density at radius 2 is 1.36 bits per heavy atom. The molecule has 0 aliphatic heterocycles. The minimum atomic E-state index is 0.999. The molecule has 168 valence electrons. The molecule has 0 saturated heterocycles. The predicted octanol–water partition coefficient (Wildman–Crippen LogP) is 9.37. The first-order chi connectivity index (χ1) is 17.8. The molecule has 0 bridgehead atoms. The van der Waals surface area contributed by atoms with Crippen LogP contribution in [0.3, 0.4) is 0 Å². The highest BCUT2D eigenvalue weighted by Crippen LogP contribution is 2.43. The lowest BCUT2D eigenvalue weighted by Crippen LogP contribution is -1.94. The Balaban J connectivity index is 1.53. The van der Waals surface area contributed by atoms with Gasteiger partial charge in [0, 0.05) is 36.8 Å². The summed E-state index contributed by atoms with van der Waals surface area (Å²) in [5, 5.41) is 6.33. The van der Waals surface area contributed by atoms with Gasteiger partial charge in [0.2, 0.25) is 0 Å². The van der Waals surface area contributed by atoms with Crippen LogP contribution >= 0.6 is 11.3 Å². The SMILES string of the molecule is c1ccc(-c2ccc3c(n2)c2c4sc5ccccc5c4ccc2n3-c2ccc3ccccc3c2)cc1. The predicted molar refractivity (Wildman–Crippen MR) is 154 cm³/mol. The van der Waals surface area contributed by atoms with Gasteiger partial charge in [-0.05, 0) is 47.2 Å². The highest BCUT2D eigenvalue weighted by atomic mass is 32.1. The minimum absolute atomic E-state index is 0.999. The summed E-state index contributed by atoms with van der Waals surface area (Å²) < 4.78 is 4.99. The first-order valence-electron chi connectivity index (χ1n) is 12.2. The van der Waals surface area contributed by atoms with Gasteiger partial charge in [0.25, 0.3) is 0 Å². The van der Waals surface area contributed by atoms with Crippen molar-refractivity contribution in [2.24, 2.45) is 0 Å². The van der Waals surface area contributed by atoms with Gasteiger partial charge < -0.3 is 4.57 Å². The molecule has 0 unspecified atom stereocenters. The molecule has 3 heteroatoms. The first kappa shape index (κ1) is 19.8. The smallest absolute Gasteiger partial charge is 0.0985 e. The van der Waals surface area contributed by atoms with Gasteiger partial charge in [0.1, 0.15) is 0 Å². The van der Waals surface area contributed by atoms with E-state index < -0.39 is 0 Å². The van der Waals surface area contributed by atoms with E-state index in [0.29, 0.717) is 0 Å². The van der Waals surface area contributed by atoms with Crippen LogP contribution in [0.25, 0.3) is 69.8 Å². The Bertz CT molecular complexity index is 2100. The molecule has 5 aromatic carbocycles. The second-order valence-corrected chi connectivity index (χ2v) is 10.3. The summed E-state index contributed by atoms with van der Waals surface area (Å²) >= 11 is 1.87. The maximum Gasteiger partial charge on any atom is 0.0985 e. The van der Waals surface area contributed by atoms with Crippen molar-refractivity contribution in [3.63, 3.8) is 0 Å². The molecule has 0 atom stereocenters. The monoisotopic (exact) mass is 476 g/mol. The molecule has 2 nitrogen and oxygen atoms in total. The van der Waals surface area contributed by atoms with Crippen molar-refractivity contribution in [3.8, 4) is 16.9 Å². The summed E-state index contributed by atoms with van der Waals surface area (Å²) in [6.45, 7) is 0. The summed E-state index contributed by atoms with van der Waals surface area (Å²) in [6, 6.07) is 43.4. The van der Waals surface area contributed by atoms with Crippen molar-refractivity contribution in [1.29, 1.82) is 0 Å². The van der Waals surface area contributed by atoms with Gasteiger partial charge in [-0.1, -0.05) is 84.9 Å². The van der Waals surface area contributed by atoms with E-state index in [-0.39, 0.29) is 0 Å². The molecule has 0 spiro atoms. The number of fused-ring (bicyclic) bond motifs is 8. The molecule has 0 amide bonds. The fraction of sp³-hybridized carbons (Fsp3) is 0. The second-order valence-electron chi connectivity index (χ2n) is 9.23. The average molecular weight is 477 g/mol. The third-order valence-corrected chi connectivity index (χ3v) is 8.38. The molecule has 36 heavy (non-hydrogen) atoms. The van der Waals surface area contributed by atoms with Crippen LogP contribution < -0.4 is 0 Å². The zero-order valence-corrected chi connectivity index (χ0v) is 20.2. The molecule has 0 aliphatic carbocycles. The van der Waals surface area contributed by atoms with E-state index in [0.717, 1.165) is 28.0 Å². The van der Waals surface area contributed by atoms with Crippen LogP contribution in [0.2, 0.25) is 0 Å². The van der Waals surface area contributed by atoms with Crippen LogP contribution in [0.15, 0.2) is 121 Å². The summed E-state index contributed by atoms with van der Waals surface area (Å²) in [6.07, 6.45) is 0. The lowest BCUT2D eigenvalue weighted by molar-refractivity contribution is 1.18. The summed E-state index contributed by atoms with van der Waals surface area (Å²) in [7, 11) is 0. The Hall–Kier alpha value is -4.47. The van der Waals surface area contributed by atoms with Gasteiger partial charge in [-0.25, -0.2) is 4.98 Å². The maximum absolute atomic E-state index is 5.29. The minimum Gasteiger partial charge on any atom is -0.308 e. The van der Waals surface area contributed by atoms with Crippen LogP contribution in [-0.2, 0) is 0 Å². The number of aromatic nitrogens is 2. The van der Waals surface area contributed by atoms with Crippen LogP contribution in [-0.4, -0.2) is 9.55 Å². The zero-order valence-electron chi connectivity index (χ0n) is 19.3. The van der Waals surface area contributed by atoms with Crippen molar-refractivity contribution >= 4 is 64.2 Å². The lowest BCUT2D eigenvalue weighted by Gasteiger charge is -2.09. The van der Waals surface area contributed by atoms with Gasteiger partial charge in [0.15, 0.2) is 0 Å². The van der Waals surface area contributed by atoms with Crippen LogP contribution in [0.5, 0.6) is 0 Å². The number of rotatable bonds is 2. The van der Waals surface area contributed by atoms with E-state index in [1.165, 1.54) is 41.8 Å². The Labute approximate surface area is 211 Å². The Kier molecular flexibility index (Phi) is 4.13. The molecule has 0 N–H and O–H groups in total.